The Balaban J connectivity index is 2.07. The van der Waals surface area contributed by atoms with E-state index in [-0.39, 0.29) is 0 Å². The van der Waals surface area contributed by atoms with Gasteiger partial charge in [-0.2, -0.15) is 0 Å². The van der Waals surface area contributed by atoms with Crippen molar-refractivity contribution in [1.29, 1.82) is 0 Å². The van der Waals surface area contributed by atoms with E-state index in [2.05, 4.69) is 9.97 Å². The first-order valence-electron chi connectivity index (χ1n) is 4.40. The molecule has 0 saturated heterocycles. The molecular weight excluding hydrogens is 168 g/mol. The molecule has 13 heavy (non-hydrogen) atoms. The van der Waals surface area contributed by atoms with E-state index in [1.165, 1.54) is 0 Å². The van der Waals surface area contributed by atoms with Crippen molar-refractivity contribution in [1.82, 2.24) is 9.97 Å². The van der Waals surface area contributed by atoms with Crippen molar-refractivity contribution in [3.63, 3.8) is 0 Å². The minimum Gasteiger partial charge on any atom is -0.476 e. The van der Waals surface area contributed by atoms with Crippen molar-refractivity contribution in [3.05, 3.63) is 18.6 Å². The van der Waals surface area contributed by atoms with E-state index in [0.717, 1.165) is 19.6 Å². The quantitative estimate of drug-likeness (QED) is 0.622. The molecule has 0 bridgehead atoms. The van der Waals surface area contributed by atoms with Gasteiger partial charge in [0.1, 0.15) is 0 Å². The van der Waals surface area contributed by atoms with Gasteiger partial charge in [-0.05, 0) is 6.92 Å². The maximum atomic E-state index is 5.30. The normalized spacial score (nSPS) is 9.92. The number of hydrogen-bond donors (Lipinski definition) is 0. The molecule has 0 aliphatic rings. The molecule has 72 valence electrons. The standard InChI is InChI=1S/C9H14N2O2/c1-2-12-6-3-7-13-9-8-10-4-5-11-9/h4-5,8H,2-3,6-7H2,1H3. The lowest BCUT2D eigenvalue weighted by Gasteiger charge is -2.03. The maximum absolute atomic E-state index is 5.30. The first kappa shape index (κ1) is 9.92. The first-order chi connectivity index (χ1) is 6.43. The molecule has 0 spiro atoms. The van der Waals surface area contributed by atoms with Gasteiger partial charge in [0.25, 0.3) is 0 Å². The molecule has 0 aliphatic heterocycles. The lowest BCUT2D eigenvalue weighted by molar-refractivity contribution is 0.130. The van der Waals surface area contributed by atoms with Gasteiger partial charge in [0, 0.05) is 32.0 Å². The van der Waals surface area contributed by atoms with E-state index in [1.807, 2.05) is 6.92 Å². The highest BCUT2D eigenvalue weighted by Gasteiger charge is 1.92. The van der Waals surface area contributed by atoms with Gasteiger partial charge < -0.3 is 9.47 Å². The molecule has 0 radical (unpaired) electrons. The van der Waals surface area contributed by atoms with Crippen molar-refractivity contribution in [2.45, 2.75) is 13.3 Å². The number of nitrogens with zero attached hydrogens (tertiary/aromatic N) is 2. The van der Waals surface area contributed by atoms with Crippen LogP contribution in [0.1, 0.15) is 13.3 Å². The zero-order valence-electron chi connectivity index (χ0n) is 7.77. The largest absolute Gasteiger partial charge is 0.476 e. The molecule has 1 aromatic rings. The Bertz CT molecular complexity index is 216. The summed E-state index contributed by atoms with van der Waals surface area (Å²) in [5, 5.41) is 0. The predicted molar refractivity (Wildman–Crippen MR) is 48.6 cm³/mol. The van der Waals surface area contributed by atoms with Gasteiger partial charge in [-0.25, -0.2) is 4.98 Å². The first-order valence-corrected chi connectivity index (χ1v) is 4.40. The third-order valence-corrected chi connectivity index (χ3v) is 1.43. The molecule has 0 unspecified atom stereocenters. The molecule has 4 nitrogen and oxygen atoms in total. The van der Waals surface area contributed by atoms with Crippen LogP contribution in [0.2, 0.25) is 0 Å². The van der Waals surface area contributed by atoms with Crippen molar-refractivity contribution >= 4 is 0 Å². The summed E-state index contributed by atoms with van der Waals surface area (Å²) in [7, 11) is 0. The number of hydrogen-bond acceptors (Lipinski definition) is 4. The van der Waals surface area contributed by atoms with E-state index >= 15 is 0 Å². The molecule has 0 N–H and O–H groups in total. The number of rotatable bonds is 6. The van der Waals surface area contributed by atoms with Gasteiger partial charge in [-0.3, -0.25) is 4.98 Å². The second kappa shape index (κ2) is 6.37. The average molecular weight is 182 g/mol. The van der Waals surface area contributed by atoms with E-state index < -0.39 is 0 Å². The van der Waals surface area contributed by atoms with Gasteiger partial charge >= 0.3 is 0 Å². The summed E-state index contributed by atoms with van der Waals surface area (Å²) in [5.41, 5.74) is 0. The minimum atomic E-state index is 0.569. The summed E-state index contributed by atoms with van der Waals surface area (Å²) in [6, 6.07) is 0. The van der Waals surface area contributed by atoms with Crippen molar-refractivity contribution < 1.29 is 9.47 Å². The Morgan fingerprint density at radius 1 is 1.31 bits per heavy atom. The zero-order chi connectivity index (χ0) is 9.36. The Hall–Kier alpha value is -1.16. The van der Waals surface area contributed by atoms with Crippen LogP contribution in [0.25, 0.3) is 0 Å². The highest BCUT2D eigenvalue weighted by Crippen LogP contribution is 2.00. The van der Waals surface area contributed by atoms with Crippen LogP contribution >= 0.6 is 0 Å². The van der Waals surface area contributed by atoms with Gasteiger partial charge in [-0.1, -0.05) is 0 Å². The van der Waals surface area contributed by atoms with Crippen molar-refractivity contribution in [3.8, 4) is 5.88 Å². The lowest BCUT2D eigenvalue weighted by atomic mass is 10.5. The number of ether oxygens (including phenoxy) is 2. The summed E-state index contributed by atoms with van der Waals surface area (Å²) in [6.45, 7) is 4.09. The van der Waals surface area contributed by atoms with Gasteiger partial charge in [-0.15, -0.1) is 0 Å². The van der Waals surface area contributed by atoms with Crippen LogP contribution in [0.5, 0.6) is 5.88 Å². The van der Waals surface area contributed by atoms with Crippen LogP contribution in [-0.4, -0.2) is 29.8 Å². The number of aromatic nitrogens is 2. The second-order valence-corrected chi connectivity index (χ2v) is 2.44. The highest BCUT2D eigenvalue weighted by molar-refractivity contribution is 5.00. The fourth-order valence-corrected chi connectivity index (χ4v) is 0.842. The van der Waals surface area contributed by atoms with Crippen LogP contribution in [-0.2, 0) is 4.74 Å². The topological polar surface area (TPSA) is 44.2 Å². The molecule has 1 aromatic heterocycles. The molecule has 1 heterocycles. The van der Waals surface area contributed by atoms with Crippen molar-refractivity contribution in [2.24, 2.45) is 0 Å². The lowest BCUT2D eigenvalue weighted by Crippen LogP contribution is -2.03. The fraction of sp³-hybridized carbons (Fsp3) is 0.556. The Labute approximate surface area is 77.9 Å². The Kier molecular flexibility index (Phi) is 4.86. The molecular formula is C9H14N2O2. The monoisotopic (exact) mass is 182 g/mol. The highest BCUT2D eigenvalue weighted by atomic mass is 16.5. The summed E-state index contributed by atoms with van der Waals surface area (Å²) in [6.07, 6.45) is 5.70. The van der Waals surface area contributed by atoms with Gasteiger partial charge in [0.2, 0.25) is 5.88 Å². The molecule has 0 saturated carbocycles. The molecule has 0 aliphatic carbocycles. The van der Waals surface area contributed by atoms with Crippen LogP contribution in [0, 0.1) is 0 Å². The SMILES string of the molecule is CCOCCCOc1cnccn1. The Morgan fingerprint density at radius 3 is 2.92 bits per heavy atom. The van der Waals surface area contributed by atoms with Crippen LogP contribution in [0.3, 0.4) is 0 Å². The van der Waals surface area contributed by atoms with E-state index in [0.29, 0.717) is 12.5 Å². The zero-order valence-corrected chi connectivity index (χ0v) is 7.77. The third kappa shape index (κ3) is 4.42. The fourth-order valence-electron chi connectivity index (χ4n) is 0.842. The van der Waals surface area contributed by atoms with E-state index in [1.54, 1.807) is 18.6 Å². The average Bonchev–Trinajstić information content (AvgIpc) is 2.19. The molecule has 0 amide bonds. The molecule has 1 rings (SSSR count). The molecule has 0 atom stereocenters. The van der Waals surface area contributed by atoms with Crippen LogP contribution < -0.4 is 4.74 Å². The minimum absolute atomic E-state index is 0.569. The van der Waals surface area contributed by atoms with Gasteiger partial charge in [0.15, 0.2) is 0 Å². The molecule has 4 heteroatoms. The van der Waals surface area contributed by atoms with E-state index in [4.69, 9.17) is 9.47 Å². The summed E-state index contributed by atoms with van der Waals surface area (Å²) in [4.78, 5) is 7.85. The molecule has 0 aromatic carbocycles. The third-order valence-electron chi connectivity index (χ3n) is 1.43. The second-order valence-electron chi connectivity index (χ2n) is 2.44. The van der Waals surface area contributed by atoms with Crippen LogP contribution in [0.15, 0.2) is 18.6 Å². The maximum Gasteiger partial charge on any atom is 0.232 e. The van der Waals surface area contributed by atoms with Crippen LogP contribution in [0.4, 0.5) is 0 Å². The Morgan fingerprint density at radius 2 is 2.23 bits per heavy atom. The summed E-state index contributed by atoms with van der Waals surface area (Å²) in [5.74, 6) is 0.569. The predicted octanol–water partition coefficient (Wildman–Crippen LogP) is 1.28. The van der Waals surface area contributed by atoms with Gasteiger partial charge in [0.05, 0.1) is 12.8 Å². The molecule has 0 fully saturated rings. The summed E-state index contributed by atoms with van der Waals surface area (Å²) >= 11 is 0. The van der Waals surface area contributed by atoms with Crippen molar-refractivity contribution in [2.75, 3.05) is 19.8 Å². The smallest absolute Gasteiger partial charge is 0.232 e. The van der Waals surface area contributed by atoms with E-state index in [9.17, 15) is 0 Å². The summed E-state index contributed by atoms with van der Waals surface area (Å²) < 4.78 is 10.5.